The number of carbonyl (C=O) groups excluding carboxylic acids is 1. The van der Waals surface area contributed by atoms with Gasteiger partial charge in [-0.2, -0.15) is 4.31 Å². The summed E-state index contributed by atoms with van der Waals surface area (Å²) in [5.74, 6) is -1.60. The zero-order valence-electron chi connectivity index (χ0n) is 10.5. The van der Waals surface area contributed by atoms with Crippen molar-refractivity contribution in [2.45, 2.75) is 31.7 Å². The highest BCUT2D eigenvalue weighted by molar-refractivity contribution is 7.89. The van der Waals surface area contributed by atoms with Gasteiger partial charge in [-0.25, -0.2) is 18.0 Å². The molecule has 0 aromatic heterocycles. The van der Waals surface area contributed by atoms with Crippen LogP contribution in [0.2, 0.25) is 25.7 Å². The second kappa shape index (κ2) is 4.88. The number of amides is 1. The summed E-state index contributed by atoms with van der Waals surface area (Å²) in [4.78, 5) is 22.2. The van der Waals surface area contributed by atoms with E-state index in [1.165, 1.54) is 0 Å². The molecule has 0 radical (unpaired) electrons. The molecule has 1 heterocycles. The second-order valence-electron chi connectivity index (χ2n) is 5.35. The smallest absolute Gasteiger partial charge is 0.424 e. The van der Waals surface area contributed by atoms with Crippen LogP contribution in [0.5, 0.6) is 0 Å². The zero-order valence-corrected chi connectivity index (χ0v) is 12.4. The van der Waals surface area contributed by atoms with Crippen LogP contribution in [0.25, 0.3) is 0 Å². The van der Waals surface area contributed by atoms with Crippen LogP contribution in [0.4, 0.5) is 4.79 Å². The lowest BCUT2D eigenvalue weighted by Crippen LogP contribution is -2.45. The fourth-order valence-corrected chi connectivity index (χ4v) is 5.92. The minimum Gasteiger partial charge on any atom is -0.480 e. The first-order chi connectivity index (χ1) is 8.04. The fraction of sp³-hybridized carbons (Fsp3) is 0.778. The topological polar surface area (TPSA) is 101 Å². The Kier molecular flexibility index (Phi) is 4.06. The van der Waals surface area contributed by atoms with Crippen molar-refractivity contribution in [2.75, 3.05) is 12.4 Å². The summed E-state index contributed by atoms with van der Waals surface area (Å²) in [6.45, 7) is 5.57. The number of nitrogens with zero attached hydrogens (tertiary/aromatic N) is 1. The molecule has 0 bridgehead atoms. The summed E-state index contributed by atoms with van der Waals surface area (Å²) in [7, 11) is -5.52. The van der Waals surface area contributed by atoms with E-state index >= 15 is 0 Å². The zero-order chi connectivity index (χ0) is 14.1. The first kappa shape index (κ1) is 15.0. The van der Waals surface area contributed by atoms with Gasteiger partial charge in [0.25, 0.3) is 0 Å². The van der Waals surface area contributed by atoms with Gasteiger partial charge in [-0.1, -0.05) is 19.6 Å². The van der Waals surface area contributed by atoms with Gasteiger partial charge in [0, 0.05) is 8.07 Å². The van der Waals surface area contributed by atoms with E-state index in [2.05, 4.69) is 4.74 Å². The number of carboxylic acid groups (broad SMARTS) is 1. The first-order valence-corrected chi connectivity index (χ1v) is 10.8. The number of aliphatic carboxylic acids is 1. The number of hydrogen-bond acceptors (Lipinski definition) is 5. The molecule has 1 fully saturated rings. The largest absolute Gasteiger partial charge is 0.480 e. The standard InChI is InChI=1S/C9H17NO6SSi/c1-18(2,3)5-4-17(14,15)10-7(8(11)12)6-16-9(10)13/h7H,4-6H2,1-3H3,(H,11,12)/t7-/m1/s1. The molecule has 18 heavy (non-hydrogen) atoms. The van der Waals surface area contributed by atoms with Crippen molar-refractivity contribution in [2.24, 2.45) is 0 Å². The van der Waals surface area contributed by atoms with E-state index < -0.39 is 42.8 Å². The molecule has 1 amide bonds. The van der Waals surface area contributed by atoms with Crippen molar-refractivity contribution in [1.82, 2.24) is 4.31 Å². The van der Waals surface area contributed by atoms with Gasteiger partial charge in [0.05, 0.1) is 5.75 Å². The maximum Gasteiger partial charge on any atom is 0.424 e. The molecule has 1 atom stereocenters. The molecule has 0 aliphatic carbocycles. The Bertz CT molecular complexity index is 454. The van der Waals surface area contributed by atoms with Crippen LogP contribution < -0.4 is 0 Å². The first-order valence-electron chi connectivity index (χ1n) is 5.46. The number of carbonyl (C=O) groups is 2. The molecule has 1 N–H and O–H groups in total. The number of ether oxygens (including phenoxy) is 1. The van der Waals surface area contributed by atoms with Gasteiger partial charge < -0.3 is 9.84 Å². The molecule has 1 aliphatic heterocycles. The van der Waals surface area contributed by atoms with Crippen molar-refractivity contribution in [3.05, 3.63) is 0 Å². The highest BCUT2D eigenvalue weighted by atomic mass is 32.2. The van der Waals surface area contributed by atoms with Crippen LogP contribution in [-0.4, -0.2) is 56.4 Å². The lowest BCUT2D eigenvalue weighted by Gasteiger charge is -2.21. The van der Waals surface area contributed by atoms with Crippen LogP contribution in [0.1, 0.15) is 0 Å². The minimum absolute atomic E-state index is 0.221. The molecule has 0 aromatic rings. The quantitative estimate of drug-likeness (QED) is 0.744. The van der Waals surface area contributed by atoms with Gasteiger partial charge in [-0.05, 0) is 6.04 Å². The Labute approximate surface area is 107 Å². The average Bonchev–Trinajstić information content (AvgIpc) is 2.57. The minimum atomic E-state index is -3.92. The van der Waals surface area contributed by atoms with Gasteiger partial charge in [-0.15, -0.1) is 0 Å². The number of sulfonamides is 1. The van der Waals surface area contributed by atoms with E-state index in [9.17, 15) is 18.0 Å². The van der Waals surface area contributed by atoms with Crippen molar-refractivity contribution >= 4 is 30.2 Å². The Morgan fingerprint density at radius 3 is 2.50 bits per heavy atom. The summed E-state index contributed by atoms with van der Waals surface area (Å²) >= 11 is 0. The van der Waals surface area contributed by atoms with Crippen LogP contribution in [0.3, 0.4) is 0 Å². The maximum absolute atomic E-state index is 12.0. The van der Waals surface area contributed by atoms with Crippen molar-refractivity contribution in [3.63, 3.8) is 0 Å². The van der Waals surface area contributed by atoms with E-state index in [1.807, 2.05) is 19.6 Å². The van der Waals surface area contributed by atoms with Gasteiger partial charge in [0.2, 0.25) is 10.0 Å². The van der Waals surface area contributed by atoms with Crippen LogP contribution in [-0.2, 0) is 19.6 Å². The normalized spacial score (nSPS) is 20.9. The van der Waals surface area contributed by atoms with Crippen molar-refractivity contribution in [3.8, 4) is 0 Å². The second-order valence-corrected chi connectivity index (χ2v) is 12.9. The molecule has 104 valence electrons. The lowest BCUT2D eigenvalue weighted by molar-refractivity contribution is -0.140. The van der Waals surface area contributed by atoms with E-state index in [0.717, 1.165) is 0 Å². The Balaban J connectivity index is 2.89. The Morgan fingerprint density at radius 2 is 2.06 bits per heavy atom. The Morgan fingerprint density at radius 1 is 1.50 bits per heavy atom. The third-order valence-corrected chi connectivity index (χ3v) is 6.36. The molecule has 0 saturated carbocycles. The van der Waals surface area contributed by atoms with Gasteiger partial charge in [0.1, 0.15) is 6.61 Å². The highest BCUT2D eigenvalue weighted by Gasteiger charge is 2.45. The molecular formula is C9H17NO6SSi. The fourth-order valence-electron chi connectivity index (χ4n) is 1.42. The summed E-state index contributed by atoms with van der Waals surface area (Å²) in [5.41, 5.74) is 0. The van der Waals surface area contributed by atoms with Crippen molar-refractivity contribution in [1.29, 1.82) is 0 Å². The van der Waals surface area contributed by atoms with E-state index in [0.29, 0.717) is 10.3 Å². The van der Waals surface area contributed by atoms with E-state index in [-0.39, 0.29) is 5.75 Å². The third-order valence-electron chi connectivity index (χ3n) is 2.52. The molecule has 1 saturated heterocycles. The van der Waals surface area contributed by atoms with Gasteiger partial charge in [-0.3, -0.25) is 0 Å². The van der Waals surface area contributed by atoms with Gasteiger partial charge in [0.15, 0.2) is 6.04 Å². The predicted octanol–water partition coefficient (Wildman–Crippen LogP) is 0.560. The predicted molar refractivity (Wildman–Crippen MR) is 66.6 cm³/mol. The lowest BCUT2D eigenvalue weighted by atomic mass is 10.3. The molecular weight excluding hydrogens is 278 g/mol. The molecule has 1 rings (SSSR count). The van der Waals surface area contributed by atoms with Gasteiger partial charge >= 0.3 is 12.1 Å². The summed E-state index contributed by atoms with van der Waals surface area (Å²) < 4.78 is 28.8. The molecule has 0 unspecified atom stereocenters. The van der Waals surface area contributed by atoms with Crippen molar-refractivity contribution < 1.29 is 27.9 Å². The molecule has 9 heteroatoms. The van der Waals surface area contributed by atoms with Crippen LogP contribution >= 0.6 is 0 Å². The summed E-state index contributed by atoms with van der Waals surface area (Å²) in [5, 5.41) is 8.86. The highest BCUT2D eigenvalue weighted by Crippen LogP contribution is 2.20. The Hall–Kier alpha value is -1.09. The molecule has 1 aliphatic rings. The molecule has 7 nitrogen and oxygen atoms in total. The monoisotopic (exact) mass is 295 g/mol. The molecule has 0 spiro atoms. The van der Waals surface area contributed by atoms with E-state index in [4.69, 9.17) is 5.11 Å². The SMILES string of the molecule is C[Si](C)(C)CCS(=O)(=O)N1C(=O)OC[C@@H]1C(=O)O. The maximum atomic E-state index is 12.0. The number of hydrogen-bond donors (Lipinski definition) is 1. The number of rotatable bonds is 5. The molecule has 0 aromatic carbocycles. The third kappa shape index (κ3) is 3.45. The summed E-state index contributed by atoms with van der Waals surface area (Å²) in [6.07, 6.45) is -1.10. The van der Waals surface area contributed by atoms with Crippen LogP contribution in [0.15, 0.2) is 0 Å². The number of carboxylic acids is 1. The average molecular weight is 295 g/mol. The summed E-state index contributed by atoms with van der Waals surface area (Å²) in [6, 6.07) is -0.977. The van der Waals surface area contributed by atoms with Crippen LogP contribution in [0, 0.1) is 0 Å². The number of cyclic esters (lactones) is 1. The van der Waals surface area contributed by atoms with E-state index in [1.54, 1.807) is 0 Å².